The molecule has 0 aromatic rings. The van der Waals surface area contributed by atoms with E-state index in [4.69, 9.17) is 0 Å². The van der Waals surface area contributed by atoms with Crippen molar-refractivity contribution in [1.82, 2.24) is 4.90 Å². The van der Waals surface area contributed by atoms with Gasteiger partial charge in [0.15, 0.2) is 0 Å². The van der Waals surface area contributed by atoms with E-state index in [0.717, 1.165) is 6.42 Å². The van der Waals surface area contributed by atoms with Gasteiger partial charge in [0.05, 0.1) is 5.60 Å². The lowest BCUT2D eigenvalue weighted by Gasteiger charge is -2.46. The van der Waals surface area contributed by atoms with Crippen molar-refractivity contribution in [2.45, 2.75) is 102 Å². The molecule has 2 aliphatic carbocycles. The van der Waals surface area contributed by atoms with E-state index in [1.165, 1.54) is 110 Å². The molecule has 0 aromatic heterocycles. The first-order valence-corrected chi connectivity index (χ1v) is 10.7. The van der Waals surface area contributed by atoms with Gasteiger partial charge in [0, 0.05) is 0 Å². The number of rotatable bonds is 6. The molecule has 2 nitrogen and oxygen atoms in total. The Hall–Kier alpha value is -0.0800. The predicted octanol–water partition coefficient (Wildman–Crippen LogP) is 5.14. The second-order valence-corrected chi connectivity index (χ2v) is 8.67. The summed E-state index contributed by atoms with van der Waals surface area (Å²) < 4.78 is 0. The Labute approximate surface area is 144 Å². The molecule has 2 heteroatoms. The summed E-state index contributed by atoms with van der Waals surface area (Å²) in [5, 5.41) is 11.8. The molecule has 3 aliphatic rings. The molecule has 0 atom stereocenters. The van der Waals surface area contributed by atoms with Gasteiger partial charge in [-0.05, 0) is 82.8 Å². The second-order valence-electron chi connectivity index (χ2n) is 8.67. The molecule has 0 aromatic carbocycles. The Morgan fingerprint density at radius 2 is 1.17 bits per heavy atom. The Kier molecular flexibility index (Phi) is 6.83. The number of aliphatic hydroxyl groups is 1. The molecule has 1 saturated heterocycles. The zero-order valence-corrected chi connectivity index (χ0v) is 15.3. The third kappa shape index (κ3) is 4.72. The fourth-order valence-electron chi connectivity index (χ4n) is 5.72. The molecule has 1 N–H and O–H groups in total. The lowest BCUT2D eigenvalue weighted by atomic mass is 9.64. The maximum absolute atomic E-state index is 11.8. The van der Waals surface area contributed by atoms with Crippen molar-refractivity contribution in [3.63, 3.8) is 0 Å². The number of piperidine rings is 1. The van der Waals surface area contributed by atoms with Gasteiger partial charge < -0.3 is 10.0 Å². The zero-order valence-electron chi connectivity index (χ0n) is 15.3. The molecule has 23 heavy (non-hydrogen) atoms. The van der Waals surface area contributed by atoms with Crippen molar-refractivity contribution in [3.8, 4) is 0 Å². The SMILES string of the molecule is OC(CCCN1CCCCC1)(C1CCCCC1)C1CCCCC1. The van der Waals surface area contributed by atoms with Gasteiger partial charge >= 0.3 is 0 Å². The Bertz CT molecular complexity index is 307. The quantitative estimate of drug-likeness (QED) is 0.732. The predicted molar refractivity (Wildman–Crippen MR) is 97.6 cm³/mol. The van der Waals surface area contributed by atoms with E-state index < -0.39 is 0 Å². The highest BCUT2D eigenvalue weighted by atomic mass is 16.3. The van der Waals surface area contributed by atoms with Crippen LogP contribution in [0.4, 0.5) is 0 Å². The van der Waals surface area contributed by atoms with Crippen LogP contribution in [0, 0.1) is 11.8 Å². The Balaban J connectivity index is 1.56. The number of hydrogen-bond acceptors (Lipinski definition) is 2. The van der Waals surface area contributed by atoms with E-state index in [1.807, 2.05) is 0 Å². The maximum atomic E-state index is 11.8. The maximum Gasteiger partial charge on any atom is 0.0704 e. The van der Waals surface area contributed by atoms with Crippen LogP contribution < -0.4 is 0 Å². The van der Waals surface area contributed by atoms with Gasteiger partial charge in [0.1, 0.15) is 0 Å². The van der Waals surface area contributed by atoms with Gasteiger partial charge in [-0.2, -0.15) is 0 Å². The summed E-state index contributed by atoms with van der Waals surface area (Å²) in [4.78, 5) is 2.64. The van der Waals surface area contributed by atoms with Crippen LogP contribution in [0.25, 0.3) is 0 Å². The fraction of sp³-hybridized carbons (Fsp3) is 1.00. The molecule has 0 bridgehead atoms. The molecule has 3 rings (SSSR count). The van der Waals surface area contributed by atoms with Crippen LogP contribution in [-0.2, 0) is 0 Å². The summed E-state index contributed by atoms with van der Waals surface area (Å²) in [6.45, 7) is 3.82. The van der Waals surface area contributed by atoms with Crippen LogP contribution in [0.5, 0.6) is 0 Å². The Morgan fingerprint density at radius 1 is 0.696 bits per heavy atom. The highest BCUT2D eigenvalue weighted by Gasteiger charge is 2.43. The normalized spacial score (nSPS) is 26.5. The van der Waals surface area contributed by atoms with Gasteiger partial charge in [-0.25, -0.2) is 0 Å². The van der Waals surface area contributed by atoms with Gasteiger partial charge in [0.25, 0.3) is 0 Å². The summed E-state index contributed by atoms with van der Waals surface area (Å²) >= 11 is 0. The molecule has 0 unspecified atom stereocenters. The molecular formula is C21H39NO. The smallest absolute Gasteiger partial charge is 0.0704 e. The van der Waals surface area contributed by atoms with E-state index in [0.29, 0.717) is 11.8 Å². The van der Waals surface area contributed by atoms with Crippen LogP contribution >= 0.6 is 0 Å². The molecule has 0 amide bonds. The largest absolute Gasteiger partial charge is 0.389 e. The standard InChI is InChI=1S/C21H39NO/c23-21(19-11-4-1-5-12-19,20-13-6-2-7-14-20)15-10-18-22-16-8-3-9-17-22/h19-20,23H,1-18H2. The monoisotopic (exact) mass is 321 g/mol. The second kappa shape index (κ2) is 8.85. The van der Waals surface area contributed by atoms with Crippen LogP contribution in [0.1, 0.15) is 96.3 Å². The lowest BCUT2D eigenvalue weighted by Crippen LogP contribution is -2.47. The molecular weight excluding hydrogens is 282 g/mol. The third-order valence-electron chi connectivity index (χ3n) is 7.12. The van der Waals surface area contributed by atoms with Crippen molar-refractivity contribution in [3.05, 3.63) is 0 Å². The highest BCUT2D eigenvalue weighted by Crippen LogP contribution is 2.45. The zero-order chi connectivity index (χ0) is 16.0. The highest BCUT2D eigenvalue weighted by molar-refractivity contribution is 4.95. The first-order valence-electron chi connectivity index (χ1n) is 10.7. The lowest BCUT2D eigenvalue weighted by molar-refractivity contribution is -0.0996. The fourth-order valence-corrected chi connectivity index (χ4v) is 5.72. The van der Waals surface area contributed by atoms with Crippen LogP contribution in [0.2, 0.25) is 0 Å². The number of nitrogens with zero attached hydrogens (tertiary/aromatic N) is 1. The van der Waals surface area contributed by atoms with Gasteiger partial charge in [-0.15, -0.1) is 0 Å². The summed E-state index contributed by atoms with van der Waals surface area (Å²) in [6.07, 6.45) is 19.8. The van der Waals surface area contributed by atoms with E-state index in [9.17, 15) is 5.11 Å². The molecule has 1 aliphatic heterocycles. The van der Waals surface area contributed by atoms with Gasteiger partial charge in [0.2, 0.25) is 0 Å². The molecule has 2 saturated carbocycles. The van der Waals surface area contributed by atoms with Crippen molar-refractivity contribution >= 4 is 0 Å². The van der Waals surface area contributed by atoms with Gasteiger partial charge in [-0.1, -0.05) is 44.9 Å². The first-order chi connectivity index (χ1) is 11.3. The first kappa shape index (κ1) is 17.7. The minimum Gasteiger partial charge on any atom is -0.389 e. The summed E-state index contributed by atoms with van der Waals surface area (Å²) in [7, 11) is 0. The summed E-state index contributed by atoms with van der Waals surface area (Å²) in [5.41, 5.74) is -0.337. The minimum atomic E-state index is -0.337. The van der Waals surface area contributed by atoms with E-state index in [2.05, 4.69) is 4.90 Å². The average Bonchev–Trinajstić information content (AvgIpc) is 2.64. The van der Waals surface area contributed by atoms with E-state index in [-0.39, 0.29) is 5.60 Å². The number of hydrogen-bond donors (Lipinski definition) is 1. The molecule has 3 fully saturated rings. The topological polar surface area (TPSA) is 23.5 Å². The molecule has 134 valence electrons. The third-order valence-corrected chi connectivity index (χ3v) is 7.12. The summed E-state index contributed by atoms with van der Waals surface area (Å²) in [5.74, 6) is 1.20. The van der Waals surface area contributed by atoms with Crippen molar-refractivity contribution < 1.29 is 5.11 Å². The van der Waals surface area contributed by atoms with Crippen LogP contribution in [-0.4, -0.2) is 35.2 Å². The summed E-state index contributed by atoms with van der Waals surface area (Å²) in [6, 6.07) is 0. The van der Waals surface area contributed by atoms with Crippen molar-refractivity contribution in [1.29, 1.82) is 0 Å². The van der Waals surface area contributed by atoms with E-state index >= 15 is 0 Å². The van der Waals surface area contributed by atoms with Crippen molar-refractivity contribution in [2.24, 2.45) is 11.8 Å². The molecule has 0 radical (unpaired) electrons. The minimum absolute atomic E-state index is 0.337. The molecule has 0 spiro atoms. The van der Waals surface area contributed by atoms with Gasteiger partial charge in [-0.3, -0.25) is 0 Å². The van der Waals surface area contributed by atoms with Crippen LogP contribution in [0.3, 0.4) is 0 Å². The Morgan fingerprint density at radius 3 is 1.70 bits per heavy atom. The van der Waals surface area contributed by atoms with Crippen molar-refractivity contribution in [2.75, 3.05) is 19.6 Å². The van der Waals surface area contributed by atoms with E-state index in [1.54, 1.807) is 0 Å². The number of likely N-dealkylation sites (tertiary alicyclic amines) is 1. The van der Waals surface area contributed by atoms with Crippen LogP contribution in [0.15, 0.2) is 0 Å². The average molecular weight is 322 g/mol. The molecule has 1 heterocycles.